The molecule has 0 saturated heterocycles. The smallest absolute Gasteiger partial charge is 0.221 e. The zero-order valence-electron chi connectivity index (χ0n) is 9.18. The second-order valence-corrected chi connectivity index (χ2v) is 5.11. The Morgan fingerprint density at radius 2 is 1.56 bits per heavy atom. The first-order chi connectivity index (χ1) is 8.52. The fourth-order valence-corrected chi connectivity index (χ4v) is 2.32. The van der Waals surface area contributed by atoms with Gasteiger partial charge in [-0.15, -0.1) is 0 Å². The summed E-state index contributed by atoms with van der Waals surface area (Å²) in [4.78, 5) is 4.08. The number of ether oxygens (including phenoxy) is 1. The number of benzene rings is 1. The molecular weight excluding hydrogens is 316 g/mol. The summed E-state index contributed by atoms with van der Waals surface area (Å²) in [6.07, 6.45) is 1.50. The van der Waals surface area contributed by atoms with Gasteiger partial charge in [-0.05, 0) is 18.2 Å². The van der Waals surface area contributed by atoms with E-state index in [4.69, 9.17) is 51.1 Å². The molecule has 2 rings (SSSR count). The van der Waals surface area contributed by atoms with E-state index in [1.807, 2.05) is 0 Å². The van der Waals surface area contributed by atoms with Crippen LogP contribution in [0.3, 0.4) is 0 Å². The maximum Gasteiger partial charge on any atom is 0.221 e. The first kappa shape index (κ1) is 13.8. The van der Waals surface area contributed by atoms with Gasteiger partial charge in [-0.25, -0.2) is 4.98 Å². The van der Waals surface area contributed by atoms with Crippen molar-refractivity contribution in [3.05, 3.63) is 44.5 Å². The monoisotopic (exact) mass is 321 g/mol. The SMILES string of the molecule is COc1ncc(Cl)cc1-c1cc(Cl)c(Cl)cc1Cl. The molecule has 0 atom stereocenters. The van der Waals surface area contributed by atoms with Gasteiger partial charge in [0.25, 0.3) is 0 Å². The van der Waals surface area contributed by atoms with Gasteiger partial charge in [0.15, 0.2) is 0 Å². The van der Waals surface area contributed by atoms with Crippen molar-refractivity contribution in [1.82, 2.24) is 4.98 Å². The fourth-order valence-electron chi connectivity index (χ4n) is 1.51. The minimum Gasteiger partial charge on any atom is -0.481 e. The summed E-state index contributed by atoms with van der Waals surface area (Å²) < 4.78 is 5.18. The molecule has 0 N–H and O–H groups in total. The standard InChI is InChI=1S/C12H7Cl4NO/c1-18-12-8(2-6(13)5-17-12)7-3-10(15)11(16)4-9(7)14/h2-5H,1H3. The van der Waals surface area contributed by atoms with Crippen LogP contribution in [0.2, 0.25) is 20.1 Å². The Morgan fingerprint density at radius 3 is 2.22 bits per heavy atom. The minimum atomic E-state index is 0.388. The first-order valence-electron chi connectivity index (χ1n) is 4.87. The third-order valence-electron chi connectivity index (χ3n) is 2.31. The molecule has 0 unspecified atom stereocenters. The average Bonchev–Trinajstić information content (AvgIpc) is 2.34. The number of nitrogens with zero attached hydrogens (tertiary/aromatic N) is 1. The van der Waals surface area contributed by atoms with Gasteiger partial charge in [0.05, 0.1) is 27.2 Å². The Bertz CT molecular complexity index is 601. The van der Waals surface area contributed by atoms with Crippen molar-refractivity contribution in [3.8, 4) is 17.0 Å². The number of methoxy groups -OCH3 is 1. The average molecular weight is 323 g/mol. The third-order valence-corrected chi connectivity index (χ3v) is 3.55. The van der Waals surface area contributed by atoms with Gasteiger partial charge in [-0.2, -0.15) is 0 Å². The molecule has 1 aromatic carbocycles. The molecule has 0 aliphatic rings. The molecular formula is C12H7Cl4NO. The van der Waals surface area contributed by atoms with Crippen LogP contribution in [-0.4, -0.2) is 12.1 Å². The fraction of sp³-hybridized carbons (Fsp3) is 0.0833. The molecule has 0 bridgehead atoms. The number of rotatable bonds is 2. The summed E-state index contributed by atoms with van der Waals surface area (Å²) >= 11 is 23.9. The summed E-state index contributed by atoms with van der Waals surface area (Å²) in [6.45, 7) is 0. The predicted octanol–water partition coefficient (Wildman–Crippen LogP) is 5.37. The number of hydrogen-bond acceptors (Lipinski definition) is 2. The summed E-state index contributed by atoms with van der Waals surface area (Å²) in [5, 5.41) is 1.72. The summed E-state index contributed by atoms with van der Waals surface area (Å²) in [5.74, 6) is 0.416. The Balaban J connectivity index is 2.68. The van der Waals surface area contributed by atoms with Crippen LogP contribution in [0.25, 0.3) is 11.1 Å². The van der Waals surface area contributed by atoms with E-state index < -0.39 is 0 Å². The first-order valence-corrected chi connectivity index (χ1v) is 6.38. The molecule has 0 aliphatic heterocycles. The van der Waals surface area contributed by atoms with Gasteiger partial charge in [0, 0.05) is 17.3 Å². The predicted molar refractivity (Wildman–Crippen MR) is 76.3 cm³/mol. The van der Waals surface area contributed by atoms with Crippen LogP contribution < -0.4 is 4.74 Å². The Hall–Kier alpha value is -0.670. The lowest BCUT2D eigenvalue weighted by molar-refractivity contribution is 0.399. The highest BCUT2D eigenvalue weighted by molar-refractivity contribution is 6.44. The van der Waals surface area contributed by atoms with Crippen molar-refractivity contribution in [2.45, 2.75) is 0 Å². The Morgan fingerprint density at radius 1 is 0.889 bits per heavy atom. The highest BCUT2D eigenvalue weighted by Crippen LogP contribution is 2.39. The molecule has 0 amide bonds. The van der Waals surface area contributed by atoms with Crippen LogP contribution in [0.1, 0.15) is 0 Å². The van der Waals surface area contributed by atoms with Gasteiger partial charge in [0.1, 0.15) is 0 Å². The van der Waals surface area contributed by atoms with Crippen molar-refractivity contribution in [2.75, 3.05) is 7.11 Å². The zero-order valence-corrected chi connectivity index (χ0v) is 12.2. The minimum absolute atomic E-state index is 0.388. The van der Waals surface area contributed by atoms with Crippen LogP contribution in [0.4, 0.5) is 0 Å². The summed E-state index contributed by atoms with van der Waals surface area (Å²) in [6, 6.07) is 4.93. The molecule has 2 aromatic rings. The zero-order chi connectivity index (χ0) is 13.3. The molecule has 0 radical (unpaired) electrons. The van der Waals surface area contributed by atoms with Crippen molar-refractivity contribution < 1.29 is 4.74 Å². The van der Waals surface area contributed by atoms with Crippen LogP contribution in [0.5, 0.6) is 5.88 Å². The van der Waals surface area contributed by atoms with Gasteiger partial charge in [0.2, 0.25) is 5.88 Å². The second kappa shape index (κ2) is 5.54. The molecule has 0 fully saturated rings. The lowest BCUT2D eigenvalue weighted by atomic mass is 10.1. The van der Waals surface area contributed by atoms with Crippen molar-refractivity contribution >= 4 is 46.4 Å². The molecule has 94 valence electrons. The molecule has 0 spiro atoms. The normalized spacial score (nSPS) is 10.5. The summed E-state index contributed by atoms with van der Waals surface area (Å²) in [5.41, 5.74) is 1.33. The Labute approximate surface area is 124 Å². The molecule has 18 heavy (non-hydrogen) atoms. The second-order valence-electron chi connectivity index (χ2n) is 3.46. The number of aromatic nitrogens is 1. The highest BCUT2D eigenvalue weighted by atomic mass is 35.5. The molecule has 6 heteroatoms. The van der Waals surface area contributed by atoms with Crippen LogP contribution in [-0.2, 0) is 0 Å². The Kier molecular flexibility index (Phi) is 4.23. The lowest BCUT2D eigenvalue weighted by Gasteiger charge is -2.10. The lowest BCUT2D eigenvalue weighted by Crippen LogP contribution is -1.92. The topological polar surface area (TPSA) is 22.1 Å². The van der Waals surface area contributed by atoms with Crippen LogP contribution in [0, 0.1) is 0 Å². The molecule has 1 aromatic heterocycles. The number of halogens is 4. The van der Waals surface area contributed by atoms with Crippen molar-refractivity contribution in [2.24, 2.45) is 0 Å². The van der Waals surface area contributed by atoms with E-state index in [1.54, 1.807) is 18.2 Å². The van der Waals surface area contributed by atoms with Gasteiger partial charge in [-0.3, -0.25) is 0 Å². The van der Waals surface area contributed by atoms with E-state index in [9.17, 15) is 0 Å². The van der Waals surface area contributed by atoms with E-state index in [0.717, 1.165) is 0 Å². The molecule has 0 saturated carbocycles. The van der Waals surface area contributed by atoms with Crippen LogP contribution >= 0.6 is 46.4 Å². The number of hydrogen-bond donors (Lipinski definition) is 0. The molecule has 1 heterocycles. The van der Waals surface area contributed by atoms with E-state index in [-0.39, 0.29) is 0 Å². The van der Waals surface area contributed by atoms with E-state index >= 15 is 0 Å². The maximum atomic E-state index is 6.15. The summed E-state index contributed by atoms with van der Waals surface area (Å²) in [7, 11) is 1.52. The van der Waals surface area contributed by atoms with E-state index in [0.29, 0.717) is 37.1 Å². The van der Waals surface area contributed by atoms with E-state index in [1.165, 1.54) is 13.3 Å². The van der Waals surface area contributed by atoms with Crippen molar-refractivity contribution in [3.63, 3.8) is 0 Å². The third kappa shape index (κ3) is 2.67. The van der Waals surface area contributed by atoms with Gasteiger partial charge in [-0.1, -0.05) is 46.4 Å². The van der Waals surface area contributed by atoms with Crippen molar-refractivity contribution in [1.29, 1.82) is 0 Å². The largest absolute Gasteiger partial charge is 0.481 e. The van der Waals surface area contributed by atoms with Gasteiger partial charge < -0.3 is 4.74 Å². The van der Waals surface area contributed by atoms with Crippen LogP contribution in [0.15, 0.2) is 24.4 Å². The number of pyridine rings is 1. The quantitative estimate of drug-likeness (QED) is 0.693. The maximum absolute atomic E-state index is 6.15. The highest BCUT2D eigenvalue weighted by Gasteiger charge is 2.14. The molecule has 2 nitrogen and oxygen atoms in total. The van der Waals surface area contributed by atoms with E-state index in [2.05, 4.69) is 4.98 Å². The molecule has 0 aliphatic carbocycles. The van der Waals surface area contributed by atoms with Gasteiger partial charge >= 0.3 is 0 Å².